The molecule has 0 heterocycles. The van der Waals surface area contributed by atoms with Crippen molar-refractivity contribution in [3.05, 3.63) is 12.2 Å². The smallest absolute Gasteiger partial charge is 0.139 e. The average molecular weight is 166 g/mol. The molecule has 2 heteroatoms. The summed E-state index contributed by atoms with van der Waals surface area (Å²) >= 11 is 0. The van der Waals surface area contributed by atoms with Gasteiger partial charge < -0.3 is 5.11 Å². The van der Waals surface area contributed by atoms with Gasteiger partial charge >= 0.3 is 0 Å². The Bertz CT molecular complexity index is 257. The van der Waals surface area contributed by atoms with Crippen LogP contribution in [0.15, 0.2) is 12.2 Å². The van der Waals surface area contributed by atoms with Crippen molar-refractivity contribution in [2.75, 3.05) is 0 Å². The fourth-order valence-electron chi connectivity index (χ4n) is 2.44. The van der Waals surface area contributed by atoms with Gasteiger partial charge in [-0.05, 0) is 18.3 Å². The van der Waals surface area contributed by atoms with Crippen LogP contribution in [-0.2, 0) is 4.79 Å². The van der Waals surface area contributed by atoms with E-state index in [-0.39, 0.29) is 17.1 Å². The van der Waals surface area contributed by atoms with E-state index in [9.17, 15) is 9.90 Å². The van der Waals surface area contributed by atoms with Crippen molar-refractivity contribution in [2.45, 2.75) is 32.3 Å². The maximum Gasteiger partial charge on any atom is 0.139 e. The van der Waals surface area contributed by atoms with Gasteiger partial charge in [0.05, 0.1) is 6.10 Å². The highest BCUT2D eigenvalue weighted by molar-refractivity contribution is 5.85. The Morgan fingerprint density at radius 1 is 1.67 bits per heavy atom. The van der Waals surface area contributed by atoms with Gasteiger partial charge in [-0.25, -0.2) is 0 Å². The summed E-state index contributed by atoms with van der Waals surface area (Å²) < 4.78 is 0. The van der Waals surface area contributed by atoms with Gasteiger partial charge in [-0.2, -0.15) is 0 Å². The van der Waals surface area contributed by atoms with Gasteiger partial charge in [-0.1, -0.05) is 19.1 Å². The quantitative estimate of drug-likeness (QED) is 0.551. The summed E-state index contributed by atoms with van der Waals surface area (Å²) in [7, 11) is 0. The van der Waals surface area contributed by atoms with Crippen LogP contribution in [-0.4, -0.2) is 17.0 Å². The highest BCUT2D eigenvalue weighted by Crippen LogP contribution is 2.50. The molecule has 0 aromatic heterocycles. The molecule has 0 aliphatic heterocycles. The van der Waals surface area contributed by atoms with Crippen LogP contribution < -0.4 is 0 Å². The molecule has 0 unspecified atom stereocenters. The maximum atomic E-state index is 11.4. The average Bonchev–Trinajstić information content (AvgIpc) is 1.93. The van der Waals surface area contributed by atoms with Gasteiger partial charge in [0, 0.05) is 12.3 Å². The molecule has 0 amide bonds. The lowest BCUT2D eigenvalue weighted by Crippen LogP contribution is -2.48. The minimum absolute atomic E-state index is 0.106. The molecule has 3 aliphatic carbocycles. The molecule has 12 heavy (non-hydrogen) atoms. The molecule has 2 nitrogen and oxygen atoms in total. The summed E-state index contributed by atoms with van der Waals surface area (Å²) in [5, 5.41) is 9.59. The van der Waals surface area contributed by atoms with Crippen molar-refractivity contribution in [1.29, 1.82) is 0 Å². The van der Waals surface area contributed by atoms with E-state index in [1.54, 1.807) is 0 Å². The molecule has 3 atom stereocenters. The fraction of sp³-hybridized carbons (Fsp3) is 0.700. The summed E-state index contributed by atoms with van der Waals surface area (Å²) in [5.74, 6) is 0.0861. The van der Waals surface area contributed by atoms with Crippen molar-refractivity contribution in [1.82, 2.24) is 0 Å². The van der Waals surface area contributed by atoms with Crippen molar-refractivity contribution in [2.24, 2.45) is 11.3 Å². The Morgan fingerprint density at radius 3 is 2.83 bits per heavy atom. The highest BCUT2D eigenvalue weighted by atomic mass is 16.3. The van der Waals surface area contributed by atoms with Crippen molar-refractivity contribution in [3.8, 4) is 0 Å². The third-order valence-electron chi connectivity index (χ3n) is 3.42. The second-order valence-electron chi connectivity index (χ2n) is 4.39. The monoisotopic (exact) mass is 166 g/mol. The number of fused-ring (bicyclic) bond motifs is 3. The number of allylic oxidation sites excluding steroid dienone is 1. The van der Waals surface area contributed by atoms with Crippen LogP contribution in [0.4, 0.5) is 0 Å². The molecule has 0 aromatic carbocycles. The van der Waals surface area contributed by atoms with Crippen molar-refractivity contribution in [3.63, 3.8) is 0 Å². The first-order valence-electron chi connectivity index (χ1n) is 4.42. The highest BCUT2D eigenvalue weighted by Gasteiger charge is 2.49. The second-order valence-corrected chi connectivity index (χ2v) is 4.39. The lowest BCUT2D eigenvalue weighted by molar-refractivity contribution is -0.137. The Balaban J connectivity index is 2.36. The Hall–Kier alpha value is -0.630. The zero-order valence-corrected chi connectivity index (χ0v) is 7.34. The first-order valence-corrected chi connectivity index (χ1v) is 4.42. The molecule has 66 valence electrons. The summed E-state index contributed by atoms with van der Waals surface area (Å²) in [5.41, 5.74) is 1.04. The van der Waals surface area contributed by atoms with E-state index in [1.165, 1.54) is 0 Å². The molecule has 0 radical (unpaired) electrons. The molecule has 3 fully saturated rings. The topological polar surface area (TPSA) is 37.3 Å². The molecule has 0 spiro atoms. The zero-order valence-electron chi connectivity index (χ0n) is 7.34. The van der Waals surface area contributed by atoms with E-state index in [1.807, 2.05) is 6.92 Å². The molecule has 1 N–H and O–H groups in total. The van der Waals surface area contributed by atoms with E-state index in [0.717, 1.165) is 12.0 Å². The van der Waals surface area contributed by atoms with Gasteiger partial charge in [0.25, 0.3) is 0 Å². The van der Waals surface area contributed by atoms with Crippen molar-refractivity contribution >= 4 is 5.78 Å². The predicted octanol–water partition coefficient (Wildman–Crippen LogP) is 1.29. The maximum absolute atomic E-state index is 11.4. The van der Waals surface area contributed by atoms with Gasteiger partial charge in [-0.15, -0.1) is 0 Å². The zero-order chi connectivity index (χ0) is 8.93. The van der Waals surface area contributed by atoms with Crippen LogP contribution >= 0.6 is 0 Å². The van der Waals surface area contributed by atoms with E-state index < -0.39 is 6.10 Å². The number of aliphatic hydroxyl groups excluding tert-OH is 1. The number of carbonyl (C=O) groups is 1. The van der Waals surface area contributed by atoms with Crippen LogP contribution in [0.1, 0.15) is 26.2 Å². The van der Waals surface area contributed by atoms with Crippen LogP contribution in [0.3, 0.4) is 0 Å². The number of carbonyl (C=O) groups excluding carboxylic acids is 1. The molecular formula is C10H14O2. The minimum atomic E-state index is -0.415. The standard InChI is InChI=1S/C10H14O2/c1-6-3-7-8(11)4-10(6,2)5-9(7)12/h7-8,11H,1,3-5H2,2H3/t7-,8+,10+/m1/s1. The molecule has 3 saturated carbocycles. The first-order chi connectivity index (χ1) is 5.53. The SMILES string of the molecule is C=C1C[C@H]2C(=O)C[C@]1(C)C[C@@H]2O. The van der Waals surface area contributed by atoms with Crippen LogP contribution in [0.2, 0.25) is 0 Å². The largest absolute Gasteiger partial charge is 0.392 e. The molecule has 3 aliphatic rings. The van der Waals surface area contributed by atoms with Crippen LogP contribution in [0, 0.1) is 11.3 Å². The van der Waals surface area contributed by atoms with E-state index in [4.69, 9.17) is 0 Å². The molecule has 0 saturated heterocycles. The fourth-order valence-corrected chi connectivity index (χ4v) is 2.44. The van der Waals surface area contributed by atoms with E-state index >= 15 is 0 Å². The molecule has 0 aromatic rings. The number of hydrogen-bond acceptors (Lipinski definition) is 2. The third kappa shape index (κ3) is 0.876. The number of aliphatic hydroxyl groups is 1. The number of rotatable bonds is 0. The summed E-state index contributed by atoms with van der Waals surface area (Å²) in [6.45, 7) is 6.01. The van der Waals surface area contributed by atoms with Crippen LogP contribution in [0.5, 0.6) is 0 Å². The summed E-state index contributed by atoms with van der Waals surface area (Å²) in [6, 6.07) is 0. The second kappa shape index (κ2) is 2.19. The van der Waals surface area contributed by atoms with E-state index in [0.29, 0.717) is 12.8 Å². The third-order valence-corrected chi connectivity index (χ3v) is 3.42. The number of hydrogen-bond donors (Lipinski definition) is 1. The minimum Gasteiger partial charge on any atom is -0.392 e. The van der Waals surface area contributed by atoms with Gasteiger partial charge in [0.15, 0.2) is 0 Å². The Kier molecular flexibility index (Phi) is 1.46. The number of ketones is 1. The lowest BCUT2D eigenvalue weighted by atomic mass is 9.57. The Morgan fingerprint density at radius 2 is 2.33 bits per heavy atom. The first kappa shape index (κ1) is 7.99. The summed E-state index contributed by atoms with van der Waals surface area (Å²) in [4.78, 5) is 11.4. The molecular weight excluding hydrogens is 152 g/mol. The lowest BCUT2D eigenvalue weighted by Gasteiger charge is -2.47. The predicted molar refractivity (Wildman–Crippen MR) is 45.6 cm³/mol. The van der Waals surface area contributed by atoms with Gasteiger partial charge in [0.2, 0.25) is 0 Å². The Labute approximate surface area is 72.3 Å². The summed E-state index contributed by atoms with van der Waals surface area (Å²) in [6.07, 6.45) is 1.61. The number of Topliss-reactive ketones (excluding diaryl/α,β-unsaturated/α-hetero) is 1. The van der Waals surface area contributed by atoms with Gasteiger partial charge in [0.1, 0.15) is 5.78 Å². The van der Waals surface area contributed by atoms with Gasteiger partial charge in [-0.3, -0.25) is 4.79 Å². The van der Waals surface area contributed by atoms with Crippen LogP contribution in [0.25, 0.3) is 0 Å². The molecule has 3 rings (SSSR count). The van der Waals surface area contributed by atoms with E-state index in [2.05, 4.69) is 6.58 Å². The molecule has 2 bridgehead atoms. The normalized spacial score (nSPS) is 46.8. The van der Waals surface area contributed by atoms with Crippen molar-refractivity contribution < 1.29 is 9.90 Å².